The van der Waals surface area contributed by atoms with Gasteiger partial charge in [-0.3, -0.25) is 9.78 Å². The molecule has 0 aliphatic heterocycles. The van der Waals surface area contributed by atoms with Crippen molar-refractivity contribution in [1.82, 2.24) is 10.3 Å². The fourth-order valence-corrected chi connectivity index (χ4v) is 2.89. The van der Waals surface area contributed by atoms with E-state index in [1.165, 1.54) is 5.56 Å². The van der Waals surface area contributed by atoms with Gasteiger partial charge < -0.3 is 10.1 Å². The third kappa shape index (κ3) is 5.42. The number of nitrogens with zero attached hydrogens (tertiary/aromatic N) is 1. The van der Waals surface area contributed by atoms with Gasteiger partial charge in [-0.25, -0.2) is 0 Å². The van der Waals surface area contributed by atoms with E-state index < -0.39 is 0 Å². The molecule has 0 radical (unpaired) electrons. The number of aromatic nitrogens is 1. The van der Waals surface area contributed by atoms with Crippen LogP contribution in [0.2, 0.25) is 0 Å². The zero-order chi connectivity index (χ0) is 18.9. The smallest absolute Gasteiger partial charge is 0.251 e. The largest absolute Gasteiger partial charge is 0.489 e. The number of ether oxygens (including phenoxy) is 1. The van der Waals surface area contributed by atoms with Gasteiger partial charge in [0.1, 0.15) is 12.4 Å². The van der Waals surface area contributed by atoms with Crippen molar-refractivity contribution < 1.29 is 9.53 Å². The van der Waals surface area contributed by atoms with E-state index in [2.05, 4.69) is 29.4 Å². The molecular weight excluding hydrogens is 336 g/mol. The molecule has 0 aliphatic carbocycles. The van der Waals surface area contributed by atoms with Crippen molar-refractivity contribution in [2.75, 3.05) is 6.54 Å². The van der Waals surface area contributed by atoms with Crippen molar-refractivity contribution in [2.24, 2.45) is 0 Å². The van der Waals surface area contributed by atoms with Gasteiger partial charge in [-0.1, -0.05) is 43.3 Å². The van der Waals surface area contributed by atoms with E-state index in [0.29, 0.717) is 24.6 Å². The molecule has 1 aromatic heterocycles. The minimum Gasteiger partial charge on any atom is -0.489 e. The van der Waals surface area contributed by atoms with Gasteiger partial charge >= 0.3 is 0 Å². The summed E-state index contributed by atoms with van der Waals surface area (Å²) >= 11 is 0. The molecule has 1 unspecified atom stereocenters. The lowest BCUT2D eigenvalue weighted by Gasteiger charge is -2.16. The zero-order valence-electron chi connectivity index (χ0n) is 15.5. The molecule has 1 atom stereocenters. The van der Waals surface area contributed by atoms with Crippen molar-refractivity contribution in [3.8, 4) is 5.75 Å². The highest BCUT2D eigenvalue weighted by molar-refractivity contribution is 5.94. The lowest BCUT2D eigenvalue weighted by Crippen LogP contribution is -2.28. The Bertz CT molecular complexity index is 833. The summed E-state index contributed by atoms with van der Waals surface area (Å²) in [6.07, 6.45) is 4.49. The Kier molecular flexibility index (Phi) is 6.58. The van der Waals surface area contributed by atoms with Gasteiger partial charge in [-0.15, -0.1) is 0 Å². The molecule has 138 valence electrons. The van der Waals surface area contributed by atoms with Gasteiger partial charge in [-0.2, -0.15) is 0 Å². The van der Waals surface area contributed by atoms with Crippen LogP contribution in [0.15, 0.2) is 79.1 Å². The molecule has 0 aliphatic rings. The summed E-state index contributed by atoms with van der Waals surface area (Å²) in [4.78, 5) is 16.5. The first-order chi connectivity index (χ1) is 13.3. The highest BCUT2D eigenvalue weighted by Gasteiger charge is 2.12. The molecular formula is C23H24N2O2. The van der Waals surface area contributed by atoms with Crippen LogP contribution in [0, 0.1) is 0 Å². The van der Waals surface area contributed by atoms with E-state index in [9.17, 15) is 4.79 Å². The van der Waals surface area contributed by atoms with E-state index in [1.54, 1.807) is 24.5 Å². The number of amides is 1. The zero-order valence-corrected chi connectivity index (χ0v) is 15.5. The van der Waals surface area contributed by atoms with Crippen LogP contribution in [0.4, 0.5) is 0 Å². The molecule has 3 rings (SSSR count). The van der Waals surface area contributed by atoms with Crippen LogP contribution in [0.25, 0.3) is 0 Å². The molecule has 0 saturated heterocycles. The summed E-state index contributed by atoms with van der Waals surface area (Å²) in [5.74, 6) is 0.978. The van der Waals surface area contributed by atoms with Gasteiger partial charge in [0.2, 0.25) is 0 Å². The average molecular weight is 360 g/mol. The summed E-state index contributed by atoms with van der Waals surface area (Å²) in [5, 5.41) is 3.04. The van der Waals surface area contributed by atoms with Gasteiger partial charge in [0, 0.05) is 36.0 Å². The number of carbonyl (C=O) groups excluding carboxylic acids is 1. The fourth-order valence-electron chi connectivity index (χ4n) is 2.89. The van der Waals surface area contributed by atoms with Gasteiger partial charge in [0.05, 0.1) is 0 Å². The number of benzene rings is 2. The first-order valence-corrected chi connectivity index (χ1v) is 9.21. The second-order valence-corrected chi connectivity index (χ2v) is 6.40. The second kappa shape index (κ2) is 9.53. The molecule has 3 aromatic rings. The van der Waals surface area contributed by atoms with Crippen LogP contribution < -0.4 is 10.1 Å². The highest BCUT2D eigenvalue weighted by Crippen LogP contribution is 2.18. The standard InChI is InChI=1S/C23H24N2O2/c1-2-19(20-8-4-3-5-9-20)16-25-23(26)21-10-12-22(13-11-21)27-17-18-7-6-14-24-15-18/h3-15,19H,2,16-17H2,1H3,(H,25,26). The second-order valence-electron chi connectivity index (χ2n) is 6.40. The summed E-state index contributed by atoms with van der Waals surface area (Å²) in [6.45, 7) is 3.21. The van der Waals surface area contributed by atoms with E-state index >= 15 is 0 Å². The number of pyridine rings is 1. The topological polar surface area (TPSA) is 51.2 Å². The normalized spacial score (nSPS) is 11.6. The van der Waals surface area contributed by atoms with E-state index in [4.69, 9.17) is 4.74 Å². The molecule has 4 nitrogen and oxygen atoms in total. The molecule has 0 spiro atoms. The van der Waals surface area contributed by atoms with Crippen LogP contribution in [0.3, 0.4) is 0 Å². The summed E-state index contributed by atoms with van der Waals surface area (Å²) < 4.78 is 5.73. The van der Waals surface area contributed by atoms with Gasteiger partial charge in [-0.05, 0) is 42.3 Å². The van der Waals surface area contributed by atoms with E-state index in [1.807, 2.05) is 42.5 Å². The van der Waals surface area contributed by atoms with Crippen molar-refractivity contribution in [1.29, 1.82) is 0 Å². The van der Waals surface area contributed by atoms with Gasteiger partial charge in [0.25, 0.3) is 5.91 Å². The van der Waals surface area contributed by atoms with Crippen LogP contribution in [-0.2, 0) is 6.61 Å². The maximum atomic E-state index is 12.4. The first-order valence-electron chi connectivity index (χ1n) is 9.21. The third-order valence-corrected chi connectivity index (χ3v) is 4.52. The predicted octanol–water partition coefficient (Wildman–Crippen LogP) is 4.58. The molecule has 0 saturated carbocycles. The molecule has 1 N–H and O–H groups in total. The highest BCUT2D eigenvalue weighted by atomic mass is 16.5. The Morgan fingerprint density at radius 2 is 1.81 bits per heavy atom. The fraction of sp³-hybridized carbons (Fsp3) is 0.217. The maximum absolute atomic E-state index is 12.4. The number of nitrogens with one attached hydrogen (secondary N) is 1. The summed E-state index contributed by atoms with van der Waals surface area (Å²) in [7, 11) is 0. The van der Waals surface area contributed by atoms with Crippen molar-refractivity contribution in [3.05, 3.63) is 95.8 Å². The Hall–Kier alpha value is -3.14. The SMILES string of the molecule is CCC(CNC(=O)c1ccc(OCc2cccnc2)cc1)c1ccccc1. The summed E-state index contributed by atoms with van der Waals surface area (Å²) in [5.41, 5.74) is 2.89. The first kappa shape index (κ1) is 18.6. The van der Waals surface area contributed by atoms with Crippen LogP contribution in [-0.4, -0.2) is 17.4 Å². The van der Waals surface area contributed by atoms with Crippen molar-refractivity contribution >= 4 is 5.91 Å². The van der Waals surface area contributed by atoms with E-state index in [0.717, 1.165) is 17.7 Å². The Labute approximate surface area is 160 Å². The van der Waals surface area contributed by atoms with Gasteiger partial charge in [0.15, 0.2) is 0 Å². The number of hydrogen-bond donors (Lipinski definition) is 1. The monoisotopic (exact) mass is 360 g/mol. The molecule has 0 fully saturated rings. The molecule has 1 heterocycles. The molecule has 4 heteroatoms. The van der Waals surface area contributed by atoms with E-state index in [-0.39, 0.29) is 5.91 Å². The molecule has 27 heavy (non-hydrogen) atoms. The summed E-state index contributed by atoms with van der Waals surface area (Å²) in [6, 6.07) is 21.3. The number of rotatable bonds is 8. The maximum Gasteiger partial charge on any atom is 0.251 e. The van der Waals surface area contributed by atoms with Crippen LogP contribution in [0.5, 0.6) is 5.75 Å². The molecule has 0 bridgehead atoms. The van der Waals surface area contributed by atoms with Crippen LogP contribution in [0.1, 0.15) is 40.7 Å². The quantitative estimate of drug-likeness (QED) is 0.639. The minimum absolute atomic E-state index is 0.0665. The van der Waals surface area contributed by atoms with Crippen molar-refractivity contribution in [2.45, 2.75) is 25.9 Å². The number of hydrogen-bond acceptors (Lipinski definition) is 3. The minimum atomic E-state index is -0.0665. The predicted molar refractivity (Wildman–Crippen MR) is 107 cm³/mol. The molecule has 2 aromatic carbocycles. The average Bonchev–Trinajstić information content (AvgIpc) is 2.74. The van der Waals surface area contributed by atoms with Crippen molar-refractivity contribution in [3.63, 3.8) is 0 Å². The van der Waals surface area contributed by atoms with Crippen LogP contribution >= 0.6 is 0 Å². The molecule has 1 amide bonds. The number of carbonyl (C=O) groups is 1. The Balaban J connectivity index is 1.52. The lowest BCUT2D eigenvalue weighted by molar-refractivity contribution is 0.0951. The third-order valence-electron chi connectivity index (χ3n) is 4.52. The lowest BCUT2D eigenvalue weighted by atomic mass is 9.96. The Morgan fingerprint density at radius 3 is 2.48 bits per heavy atom. The Morgan fingerprint density at radius 1 is 1.04 bits per heavy atom.